The number of carboxylic acid groups (broad SMARTS) is 1. The number of hydrogen-bond donors (Lipinski definition) is 1. The van der Waals surface area contributed by atoms with Gasteiger partial charge in [-0.15, -0.1) is 0 Å². The zero-order valence-corrected chi connectivity index (χ0v) is 13.6. The minimum Gasteiger partial charge on any atom is -0.483 e. The van der Waals surface area contributed by atoms with Crippen LogP contribution >= 0.6 is 0 Å². The number of esters is 1. The summed E-state index contributed by atoms with van der Waals surface area (Å²) in [6.45, 7) is 3.93. The molecule has 0 saturated carbocycles. The van der Waals surface area contributed by atoms with Gasteiger partial charge >= 0.3 is 5.97 Å². The van der Waals surface area contributed by atoms with Crippen molar-refractivity contribution in [2.75, 3.05) is 19.7 Å². The molecule has 0 aliphatic carbocycles. The minimum atomic E-state index is -0.250. The summed E-state index contributed by atoms with van der Waals surface area (Å²) in [5, 5.41) is 6.89. The lowest BCUT2D eigenvalue weighted by Crippen LogP contribution is -2.31. The van der Waals surface area contributed by atoms with E-state index in [1.807, 2.05) is 4.90 Å². The molecule has 6 heteroatoms. The molecule has 1 rings (SSSR count). The molecule has 1 aliphatic heterocycles. The maximum Gasteiger partial charge on any atom is 0.305 e. The first-order valence-electron chi connectivity index (χ1n) is 8.17. The third kappa shape index (κ3) is 11.1. The fourth-order valence-electron chi connectivity index (χ4n) is 2.32. The molecule has 0 bridgehead atoms. The minimum absolute atomic E-state index is 0.116. The molecule has 0 radical (unpaired) electrons. The van der Waals surface area contributed by atoms with Gasteiger partial charge in [0.1, 0.15) is 0 Å². The van der Waals surface area contributed by atoms with E-state index in [2.05, 4.69) is 0 Å². The molecule has 0 aromatic carbocycles. The van der Waals surface area contributed by atoms with Crippen molar-refractivity contribution >= 4 is 18.3 Å². The molecule has 1 saturated heterocycles. The lowest BCUT2D eigenvalue weighted by molar-refractivity contribution is -0.143. The van der Waals surface area contributed by atoms with E-state index in [1.54, 1.807) is 6.92 Å². The molecular weight excluding hydrogens is 286 g/mol. The van der Waals surface area contributed by atoms with Crippen molar-refractivity contribution in [3.63, 3.8) is 0 Å². The van der Waals surface area contributed by atoms with Gasteiger partial charge in [-0.25, -0.2) is 0 Å². The molecule has 1 N–H and O–H groups in total. The summed E-state index contributed by atoms with van der Waals surface area (Å²) in [5.41, 5.74) is 0. The summed E-state index contributed by atoms with van der Waals surface area (Å²) in [6, 6.07) is 0. The Morgan fingerprint density at radius 1 is 1.23 bits per heavy atom. The van der Waals surface area contributed by atoms with Crippen LogP contribution in [0, 0.1) is 0 Å². The van der Waals surface area contributed by atoms with Crippen LogP contribution in [-0.4, -0.2) is 48.1 Å². The summed E-state index contributed by atoms with van der Waals surface area (Å²) < 4.78 is 5.02. The Balaban J connectivity index is 0.00000135. The highest BCUT2D eigenvalue weighted by Gasteiger charge is 2.15. The molecule has 0 aromatic heterocycles. The van der Waals surface area contributed by atoms with Crippen molar-refractivity contribution in [3.8, 4) is 0 Å². The van der Waals surface area contributed by atoms with E-state index in [0.717, 1.165) is 58.0 Å². The maximum absolute atomic E-state index is 11.8. The van der Waals surface area contributed by atoms with E-state index in [9.17, 15) is 9.59 Å². The molecule has 1 amide bonds. The summed E-state index contributed by atoms with van der Waals surface area (Å²) in [4.78, 5) is 33.0. The number of unbranched alkanes of at least 4 members (excludes halogenated alkanes) is 3. The number of amides is 1. The van der Waals surface area contributed by atoms with Crippen LogP contribution in [0.15, 0.2) is 0 Å². The van der Waals surface area contributed by atoms with Gasteiger partial charge in [-0.3, -0.25) is 14.4 Å². The molecule has 128 valence electrons. The van der Waals surface area contributed by atoms with Gasteiger partial charge in [-0.1, -0.05) is 19.8 Å². The zero-order valence-electron chi connectivity index (χ0n) is 13.6. The smallest absolute Gasteiger partial charge is 0.305 e. The van der Waals surface area contributed by atoms with E-state index in [0.29, 0.717) is 18.9 Å². The van der Waals surface area contributed by atoms with Crippen LogP contribution in [0.4, 0.5) is 0 Å². The standard InChI is InChI=1S/C15H27NO3.CH2O2/c1-2-15(18)19-13-9-4-3-7-11-16-12-8-5-6-10-14(16)17;2-1-3/h2-13H2,1H3;1H,(H,2,3). The molecule has 1 fully saturated rings. The average molecular weight is 315 g/mol. The van der Waals surface area contributed by atoms with E-state index >= 15 is 0 Å². The second-order valence-corrected chi connectivity index (χ2v) is 5.29. The van der Waals surface area contributed by atoms with Crippen molar-refractivity contribution in [1.82, 2.24) is 4.90 Å². The first-order valence-corrected chi connectivity index (χ1v) is 8.17. The van der Waals surface area contributed by atoms with Crippen LogP contribution in [-0.2, 0) is 19.1 Å². The number of carbonyl (C=O) groups excluding carboxylic acids is 2. The number of rotatable bonds is 8. The van der Waals surface area contributed by atoms with Gasteiger partial charge in [-0.05, 0) is 32.1 Å². The molecule has 0 atom stereocenters. The van der Waals surface area contributed by atoms with Crippen LogP contribution in [0.5, 0.6) is 0 Å². The Morgan fingerprint density at radius 2 is 1.91 bits per heavy atom. The molecule has 1 heterocycles. The fraction of sp³-hybridized carbons (Fsp3) is 0.812. The van der Waals surface area contributed by atoms with Gasteiger partial charge in [0.25, 0.3) is 6.47 Å². The Labute approximate surface area is 132 Å². The highest BCUT2D eigenvalue weighted by atomic mass is 16.5. The molecule has 0 unspecified atom stereocenters. The highest BCUT2D eigenvalue weighted by molar-refractivity contribution is 5.76. The quantitative estimate of drug-likeness (QED) is 0.423. The largest absolute Gasteiger partial charge is 0.483 e. The van der Waals surface area contributed by atoms with Crippen molar-refractivity contribution < 1.29 is 24.2 Å². The fourth-order valence-corrected chi connectivity index (χ4v) is 2.32. The highest BCUT2D eigenvalue weighted by Crippen LogP contribution is 2.12. The van der Waals surface area contributed by atoms with Crippen LogP contribution in [0.2, 0.25) is 0 Å². The first kappa shape index (κ1) is 20.4. The predicted molar refractivity (Wildman–Crippen MR) is 83.5 cm³/mol. The normalized spacial score (nSPS) is 14.6. The average Bonchev–Trinajstić information content (AvgIpc) is 2.71. The molecule has 0 spiro atoms. The molecule has 6 nitrogen and oxygen atoms in total. The molecule has 0 aromatic rings. The number of nitrogens with zero attached hydrogens (tertiary/aromatic N) is 1. The van der Waals surface area contributed by atoms with Gasteiger partial charge in [0.2, 0.25) is 5.91 Å². The Hall–Kier alpha value is -1.59. The number of ether oxygens (including phenoxy) is 1. The van der Waals surface area contributed by atoms with Gasteiger partial charge < -0.3 is 14.7 Å². The van der Waals surface area contributed by atoms with Gasteiger partial charge in [-0.2, -0.15) is 0 Å². The van der Waals surface area contributed by atoms with Crippen molar-refractivity contribution in [1.29, 1.82) is 0 Å². The van der Waals surface area contributed by atoms with E-state index in [1.165, 1.54) is 6.42 Å². The third-order valence-corrected chi connectivity index (χ3v) is 3.55. The summed E-state index contributed by atoms with van der Waals surface area (Å²) in [7, 11) is 0. The lowest BCUT2D eigenvalue weighted by Gasteiger charge is -2.20. The van der Waals surface area contributed by atoms with E-state index in [-0.39, 0.29) is 12.4 Å². The third-order valence-electron chi connectivity index (χ3n) is 3.55. The zero-order chi connectivity index (χ0) is 16.6. The summed E-state index contributed by atoms with van der Waals surface area (Å²) in [5.74, 6) is 0.213. The van der Waals surface area contributed by atoms with Crippen molar-refractivity contribution in [3.05, 3.63) is 0 Å². The lowest BCUT2D eigenvalue weighted by atomic mass is 10.2. The number of likely N-dealkylation sites (tertiary alicyclic amines) is 1. The Kier molecular flexibility index (Phi) is 13.3. The van der Waals surface area contributed by atoms with Crippen LogP contribution < -0.4 is 0 Å². The maximum atomic E-state index is 11.8. The van der Waals surface area contributed by atoms with Crippen LogP contribution in [0.3, 0.4) is 0 Å². The second-order valence-electron chi connectivity index (χ2n) is 5.29. The Bertz CT molecular complexity index is 320. The second kappa shape index (κ2) is 14.4. The van der Waals surface area contributed by atoms with E-state index in [4.69, 9.17) is 14.6 Å². The van der Waals surface area contributed by atoms with Crippen molar-refractivity contribution in [2.45, 2.75) is 64.7 Å². The van der Waals surface area contributed by atoms with Gasteiger partial charge in [0.15, 0.2) is 0 Å². The first-order chi connectivity index (χ1) is 10.7. The SMILES string of the molecule is CCC(=O)OCCCCCCN1CCCCCC1=O.O=CO. The topological polar surface area (TPSA) is 83.9 Å². The number of hydrogen-bond acceptors (Lipinski definition) is 4. The monoisotopic (exact) mass is 315 g/mol. The van der Waals surface area contributed by atoms with E-state index < -0.39 is 0 Å². The summed E-state index contributed by atoms with van der Waals surface area (Å²) in [6.07, 6.45) is 8.74. The molecular formula is C16H29NO5. The van der Waals surface area contributed by atoms with Crippen LogP contribution in [0.1, 0.15) is 64.7 Å². The van der Waals surface area contributed by atoms with Crippen molar-refractivity contribution in [2.24, 2.45) is 0 Å². The molecule has 22 heavy (non-hydrogen) atoms. The summed E-state index contributed by atoms with van der Waals surface area (Å²) >= 11 is 0. The molecule has 1 aliphatic rings. The Morgan fingerprint density at radius 3 is 2.59 bits per heavy atom. The number of carbonyl (C=O) groups is 3. The predicted octanol–water partition coefficient (Wildman–Crippen LogP) is 2.60. The van der Waals surface area contributed by atoms with Gasteiger partial charge in [0.05, 0.1) is 6.61 Å². The van der Waals surface area contributed by atoms with Gasteiger partial charge in [0, 0.05) is 25.9 Å². The van der Waals surface area contributed by atoms with Crippen LogP contribution in [0.25, 0.3) is 0 Å².